The van der Waals surface area contributed by atoms with E-state index in [1.165, 1.54) is 9.25 Å². The van der Waals surface area contributed by atoms with E-state index >= 15 is 0 Å². The molecule has 0 aliphatic heterocycles. The number of methoxy groups -OCH3 is 1. The molecule has 1 aromatic carbocycles. The normalized spacial score (nSPS) is 11.3. The molecule has 0 aliphatic rings. The first-order chi connectivity index (χ1) is 10.9. The maximum Gasteiger partial charge on any atom is 0.264 e. The van der Waals surface area contributed by atoms with Gasteiger partial charge in [0.2, 0.25) is 0 Å². The van der Waals surface area contributed by atoms with Crippen LogP contribution < -0.4 is 5.56 Å². The topological polar surface area (TPSA) is 82.2 Å². The minimum absolute atomic E-state index is 0.115. The van der Waals surface area contributed by atoms with Crippen LogP contribution in [0.1, 0.15) is 17.0 Å². The molecule has 0 fully saturated rings. The fourth-order valence-corrected chi connectivity index (χ4v) is 2.70. The summed E-state index contributed by atoms with van der Waals surface area (Å²) < 4.78 is 8.00. The Morgan fingerprint density at radius 1 is 1.30 bits per heavy atom. The minimum atomic E-state index is -0.197. The number of benzene rings is 1. The van der Waals surface area contributed by atoms with Crippen molar-refractivity contribution in [3.8, 4) is 11.4 Å². The highest BCUT2D eigenvalue weighted by Gasteiger charge is 2.15. The van der Waals surface area contributed by atoms with Crippen LogP contribution in [0.3, 0.4) is 0 Å². The molecule has 0 saturated carbocycles. The van der Waals surface area contributed by atoms with Gasteiger partial charge in [0.1, 0.15) is 29.3 Å². The van der Waals surface area contributed by atoms with Crippen molar-refractivity contribution in [2.45, 2.75) is 20.5 Å². The number of aryl methyl sites for hydroxylation is 2. The van der Waals surface area contributed by atoms with E-state index in [1.807, 2.05) is 19.9 Å². The van der Waals surface area contributed by atoms with Crippen molar-refractivity contribution in [3.63, 3.8) is 0 Å². The highest BCUT2D eigenvalue weighted by molar-refractivity contribution is 5.74. The number of phenols is 1. The number of aromatic nitrogens is 4. The van der Waals surface area contributed by atoms with Crippen molar-refractivity contribution in [2.75, 3.05) is 7.11 Å². The van der Waals surface area contributed by atoms with Gasteiger partial charge in [-0.15, -0.1) is 5.10 Å². The summed E-state index contributed by atoms with van der Waals surface area (Å²) in [4.78, 5) is 16.8. The molecule has 2 aromatic heterocycles. The van der Waals surface area contributed by atoms with Gasteiger partial charge in [-0.2, -0.15) is 0 Å². The monoisotopic (exact) mass is 314 g/mol. The zero-order valence-corrected chi connectivity index (χ0v) is 13.5. The summed E-state index contributed by atoms with van der Waals surface area (Å²) in [5.41, 5.74) is 2.50. The second-order valence-corrected chi connectivity index (χ2v) is 5.59. The molecule has 120 valence electrons. The van der Waals surface area contributed by atoms with Gasteiger partial charge in [-0.05, 0) is 31.0 Å². The molecule has 3 rings (SSSR count). The first-order valence-electron chi connectivity index (χ1n) is 7.17. The third-order valence-electron chi connectivity index (χ3n) is 3.78. The molecule has 1 N–H and O–H groups in total. The molecular formula is C16H18N4O3. The van der Waals surface area contributed by atoms with Crippen LogP contribution in [-0.2, 0) is 18.4 Å². The lowest BCUT2D eigenvalue weighted by molar-refractivity contribution is 0.174. The number of ether oxygens (including phenoxy) is 1. The predicted octanol–water partition coefficient (Wildman–Crippen LogP) is 1.59. The van der Waals surface area contributed by atoms with Crippen molar-refractivity contribution >= 4 is 11.0 Å². The molecule has 2 heterocycles. The third kappa shape index (κ3) is 2.49. The van der Waals surface area contributed by atoms with Crippen molar-refractivity contribution in [1.29, 1.82) is 0 Å². The van der Waals surface area contributed by atoms with E-state index in [4.69, 9.17) is 4.74 Å². The van der Waals surface area contributed by atoms with E-state index in [2.05, 4.69) is 10.1 Å². The summed E-state index contributed by atoms with van der Waals surface area (Å²) in [6, 6.07) is 3.61. The van der Waals surface area contributed by atoms with E-state index < -0.39 is 0 Å². The molecule has 23 heavy (non-hydrogen) atoms. The first kappa shape index (κ1) is 15.2. The summed E-state index contributed by atoms with van der Waals surface area (Å²) in [6.45, 7) is 4.02. The van der Waals surface area contributed by atoms with Crippen LogP contribution in [0.2, 0.25) is 0 Å². The van der Waals surface area contributed by atoms with Crippen molar-refractivity contribution in [3.05, 3.63) is 45.6 Å². The number of aromatic hydroxyl groups is 1. The summed E-state index contributed by atoms with van der Waals surface area (Å²) in [7, 11) is 3.19. The van der Waals surface area contributed by atoms with Gasteiger partial charge in [0.25, 0.3) is 5.56 Å². The standard InChI is InChI=1S/C16H18N4O3/c1-9-5-10(2)14(12(21)6-9)20-7-11-15(18-20)17-13(8-23-4)19(3)16(11)22/h5-7,21H,8H2,1-4H3. The Kier molecular flexibility index (Phi) is 3.65. The van der Waals surface area contributed by atoms with Crippen LogP contribution in [-0.4, -0.2) is 31.5 Å². The van der Waals surface area contributed by atoms with Gasteiger partial charge in [0.05, 0.1) is 0 Å². The molecule has 0 unspecified atom stereocenters. The molecule has 0 amide bonds. The van der Waals surface area contributed by atoms with Crippen molar-refractivity contribution in [2.24, 2.45) is 7.05 Å². The lowest BCUT2D eigenvalue weighted by atomic mass is 10.1. The average Bonchev–Trinajstić information content (AvgIpc) is 2.87. The molecule has 0 atom stereocenters. The zero-order valence-electron chi connectivity index (χ0n) is 13.5. The molecule has 0 saturated heterocycles. The Bertz CT molecular complexity index is 933. The van der Waals surface area contributed by atoms with Crippen molar-refractivity contribution in [1.82, 2.24) is 19.3 Å². The van der Waals surface area contributed by atoms with E-state index in [9.17, 15) is 9.90 Å². The summed E-state index contributed by atoms with van der Waals surface area (Å²) in [5.74, 6) is 0.615. The van der Waals surface area contributed by atoms with Crippen LogP contribution in [0.5, 0.6) is 5.75 Å². The Morgan fingerprint density at radius 2 is 2.04 bits per heavy atom. The largest absolute Gasteiger partial charge is 0.506 e. The number of rotatable bonds is 3. The maximum absolute atomic E-state index is 12.4. The van der Waals surface area contributed by atoms with E-state index in [0.717, 1.165) is 11.1 Å². The molecule has 0 spiro atoms. The van der Waals surface area contributed by atoms with Gasteiger partial charge < -0.3 is 9.84 Å². The summed E-state index contributed by atoms with van der Waals surface area (Å²) in [5, 5.41) is 15.0. The molecule has 3 aromatic rings. The molecule has 7 heteroatoms. The summed E-state index contributed by atoms with van der Waals surface area (Å²) >= 11 is 0. The van der Waals surface area contributed by atoms with Crippen LogP contribution in [0.25, 0.3) is 16.7 Å². The van der Waals surface area contributed by atoms with Crippen LogP contribution >= 0.6 is 0 Å². The lowest BCUT2D eigenvalue weighted by Crippen LogP contribution is -2.22. The maximum atomic E-state index is 12.4. The number of hydrogen-bond acceptors (Lipinski definition) is 5. The number of fused-ring (bicyclic) bond motifs is 1. The van der Waals surface area contributed by atoms with E-state index in [-0.39, 0.29) is 17.9 Å². The fraction of sp³-hybridized carbons (Fsp3) is 0.312. The molecule has 0 bridgehead atoms. The fourth-order valence-electron chi connectivity index (χ4n) is 2.70. The van der Waals surface area contributed by atoms with Gasteiger partial charge in [-0.1, -0.05) is 6.07 Å². The van der Waals surface area contributed by atoms with Crippen molar-refractivity contribution < 1.29 is 9.84 Å². The molecule has 0 radical (unpaired) electrons. The first-order valence-corrected chi connectivity index (χ1v) is 7.17. The Morgan fingerprint density at radius 3 is 2.70 bits per heavy atom. The van der Waals surface area contributed by atoms with Gasteiger partial charge in [0, 0.05) is 20.4 Å². The summed E-state index contributed by atoms with van der Waals surface area (Å²) in [6.07, 6.45) is 1.60. The van der Waals surface area contributed by atoms with Gasteiger partial charge in [-0.25, -0.2) is 9.67 Å². The number of hydrogen-bond donors (Lipinski definition) is 1. The molecule has 0 aliphatic carbocycles. The molecular weight excluding hydrogens is 296 g/mol. The third-order valence-corrected chi connectivity index (χ3v) is 3.78. The van der Waals surface area contributed by atoms with Gasteiger partial charge >= 0.3 is 0 Å². The number of nitrogens with zero attached hydrogens (tertiary/aromatic N) is 4. The minimum Gasteiger partial charge on any atom is -0.506 e. The van der Waals surface area contributed by atoms with Crippen LogP contribution in [0, 0.1) is 13.8 Å². The van der Waals surface area contributed by atoms with E-state index in [0.29, 0.717) is 22.5 Å². The Hall–Kier alpha value is -2.67. The highest BCUT2D eigenvalue weighted by Crippen LogP contribution is 2.27. The average molecular weight is 314 g/mol. The Labute approximate surface area is 132 Å². The lowest BCUT2D eigenvalue weighted by Gasteiger charge is -2.09. The smallest absolute Gasteiger partial charge is 0.264 e. The number of phenolic OH excluding ortho intramolecular Hbond substituents is 1. The van der Waals surface area contributed by atoms with Gasteiger partial charge in [0.15, 0.2) is 5.65 Å². The predicted molar refractivity (Wildman–Crippen MR) is 86.0 cm³/mol. The van der Waals surface area contributed by atoms with Crippen LogP contribution in [0.4, 0.5) is 0 Å². The highest BCUT2D eigenvalue weighted by atomic mass is 16.5. The van der Waals surface area contributed by atoms with Gasteiger partial charge in [-0.3, -0.25) is 9.36 Å². The molecule has 7 nitrogen and oxygen atoms in total. The van der Waals surface area contributed by atoms with Crippen LogP contribution in [0.15, 0.2) is 23.1 Å². The SMILES string of the molecule is COCc1nc2nn(-c3c(C)cc(C)cc3O)cc2c(=O)n1C. The second-order valence-electron chi connectivity index (χ2n) is 5.59. The second kappa shape index (κ2) is 5.51. The quantitative estimate of drug-likeness (QED) is 0.794. The Balaban J connectivity index is 2.26. The van der Waals surface area contributed by atoms with E-state index in [1.54, 1.807) is 26.4 Å². The zero-order chi connectivity index (χ0) is 16.7.